The van der Waals surface area contributed by atoms with Crippen LogP contribution in [0, 0.1) is 17.8 Å². The number of hydrogen-bond donors (Lipinski definition) is 0. The summed E-state index contributed by atoms with van der Waals surface area (Å²) >= 11 is 0. The zero-order valence-electron chi connectivity index (χ0n) is 6.19. The molecule has 2 fully saturated rings. The highest BCUT2D eigenvalue weighted by atomic mass is 16.5. The van der Waals surface area contributed by atoms with Crippen molar-refractivity contribution in [2.24, 2.45) is 17.8 Å². The molecule has 3 aliphatic rings. The van der Waals surface area contributed by atoms with Crippen molar-refractivity contribution in [3.05, 3.63) is 12.2 Å². The van der Waals surface area contributed by atoms with Crippen LogP contribution in [-0.2, 0) is 9.53 Å². The summed E-state index contributed by atoms with van der Waals surface area (Å²) in [5.74, 6) is 1.43. The molecule has 1 aliphatic heterocycles. The SMILES string of the molecule is O=C1[C@@H]2[C@H]3CO[C@@H]2C=C[C@@H]1C3. The summed E-state index contributed by atoms with van der Waals surface area (Å²) in [5, 5.41) is 0. The first kappa shape index (κ1) is 5.95. The van der Waals surface area contributed by atoms with Crippen LogP contribution in [-0.4, -0.2) is 18.5 Å². The molecule has 0 amide bonds. The number of ether oxygens (including phenoxy) is 1. The van der Waals surface area contributed by atoms with Gasteiger partial charge in [-0.3, -0.25) is 4.79 Å². The van der Waals surface area contributed by atoms with E-state index in [2.05, 4.69) is 6.08 Å². The lowest BCUT2D eigenvalue weighted by Gasteiger charge is -2.17. The van der Waals surface area contributed by atoms with Crippen LogP contribution in [0.3, 0.4) is 0 Å². The average molecular weight is 150 g/mol. The summed E-state index contributed by atoms with van der Waals surface area (Å²) in [7, 11) is 0. The van der Waals surface area contributed by atoms with Gasteiger partial charge in [0.05, 0.1) is 18.6 Å². The zero-order valence-corrected chi connectivity index (χ0v) is 6.19. The monoisotopic (exact) mass is 150 g/mol. The largest absolute Gasteiger partial charge is 0.373 e. The molecule has 58 valence electrons. The molecule has 1 heterocycles. The van der Waals surface area contributed by atoms with Crippen molar-refractivity contribution in [2.75, 3.05) is 6.61 Å². The zero-order chi connectivity index (χ0) is 7.42. The normalized spacial score (nSPS) is 52.2. The van der Waals surface area contributed by atoms with E-state index in [0.717, 1.165) is 13.0 Å². The van der Waals surface area contributed by atoms with Crippen molar-refractivity contribution in [3.63, 3.8) is 0 Å². The van der Waals surface area contributed by atoms with Crippen LogP contribution in [0.4, 0.5) is 0 Å². The number of Topliss-reactive ketones (excluding diaryl/α,β-unsaturated/α-hetero) is 1. The minimum atomic E-state index is 0.131. The highest BCUT2D eigenvalue weighted by Crippen LogP contribution is 2.45. The molecule has 4 atom stereocenters. The van der Waals surface area contributed by atoms with Gasteiger partial charge in [0.25, 0.3) is 0 Å². The van der Waals surface area contributed by atoms with E-state index in [1.54, 1.807) is 0 Å². The van der Waals surface area contributed by atoms with Gasteiger partial charge in [-0.25, -0.2) is 0 Å². The number of allylic oxidation sites excluding steroid dienone is 1. The molecule has 2 bridgehead atoms. The molecule has 0 radical (unpaired) electrons. The minimum Gasteiger partial charge on any atom is -0.373 e. The lowest BCUT2D eigenvalue weighted by Crippen LogP contribution is -2.27. The van der Waals surface area contributed by atoms with E-state index in [4.69, 9.17) is 4.74 Å². The van der Waals surface area contributed by atoms with Gasteiger partial charge in [0.1, 0.15) is 5.78 Å². The van der Waals surface area contributed by atoms with Crippen LogP contribution >= 0.6 is 0 Å². The molecule has 0 spiro atoms. The number of hydrogen-bond acceptors (Lipinski definition) is 2. The van der Waals surface area contributed by atoms with Gasteiger partial charge in [0, 0.05) is 5.92 Å². The maximum absolute atomic E-state index is 11.5. The predicted molar refractivity (Wildman–Crippen MR) is 39.0 cm³/mol. The van der Waals surface area contributed by atoms with Crippen LogP contribution in [0.2, 0.25) is 0 Å². The summed E-state index contributed by atoms with van der Waals surface area (Å²) in [5.41, 5.74) is 0. The lowest BCUT2D eigenvalue weighted by atomic mass is 9.90. The Morgan fingerprint density at radius 1 is 1.45 bits per heavy atom. The molecule has 1 saturated carbocycles. The maximum Gasteiger partial charge on any atom is 0.146 e. The fourth-order valence-electron chi connectivity index (χ4n) is 2.60. The van der Waals surface area contributed by atoms with Crippen molar-refractivity contribution in [2.45, 2.75) is 12.5 Å². The van der Waals surface area contributed by atoms with Crippen LogP contribution < -0.4 is 0 Å². The average Bonchev–Trinajstić information content (AvgIpc) is 2.39. The molecule has 0 aromatic rings. The van der Waals surface area contributed by atoms with Gasteiger partial charge in [-0.15, -0.1) is 0 Å². The molecule has 11 heavy (non-hydrogen) atoms. The summed E-state index contributed by atoms with van der Waals surface area (Å²) in [6.07, 6.45) is 5.27. The molecule has 0 N–H and O–H groups in total. The Morgan fingerprint density at radius 3 is 3.27 bits per heavy atom. The Hall–Kier alpha value is -0.630. The van der Waals surface area contributed by atoms with E-state index in [9.17, 15) is 4.79 Å². The summed E-state index contributed by atoms with van der Waals surface area (Å²) in [6, 6.07) is 0. The Labute approximate surface area is 65.2 Å². The maximum atomic E-state index is 11.5. The molecular formula is C9H10O2. The first-order valence-electron chi connectivity index (χ1n) is 4.20. The molecule has 0 aromatic carbocycles. The Kier molecular flexibility index (Phi) is 0.946. The van der Waals surface area contributed by atoms with Gasteiger partial charge in [-0.2, -0.15) is 0 Å². The molecule has 2 aliphatic carbocycles. The first-order chi connectivity index (χ1) is 5.36. The second-order valence-electron chi connectivity index (χ2n) is 3.71. The van der Waals surface area contributed by atoms with E-state index in [0.29, 0.717) is 11.7 Å². The van der Waals surface area contributed by atoms with Crippen LogP contribution in [0.15, 0.2) is 12.2 Å². The standard InChI is InChI=1S/C9H10O2/c10-9-5-1-2-7-8(9)6(3-5)4-11-7/h1-2,5-8H,3-4H2/t5-,6-,7-,8-/m1/s1. The van der Waals surface area contributed by atoms with Crippen molar-refractivity contribution >= 4 is 5.78 Å². The van der Waals surface area contributed by atoms with Gasteiger partial charge in [0.15, 0.2) is 0 Å². The molecule has 0 aromatic heterocycles. The summed E-state index contributed by atoms with van der Waals surface area (Å²) in [6.45, 7) is 0.807. The second-order valence-corrected chi connectivity index (χ2v) is 3.71. The van der Waals surface area contributed by atoms with Crippen molar-refractivity contribution in [1.29, 1.82) is 0 Å². The van der Waals surface area contributed by atoms with Gasteiger partial charge < -0.3 is 4.74 Å². The fraction of sp³-hybridized carbons (Fsp3) is 0.667. The number of fused-ring (bicyclic) bond motifs is 1. The number of rotatable bonds is 0. The van der Waals surface area contributed by atoms with Crippen LogP contribution in [0.25, 0.3) is 0 Å². The lowest BCUT2D eigenvalue weighted by molar-refractivity contribution is -0.124. The molecular weight excluding hydrogens is 140 g/mol. The van der Waals surface area contributed by atoms with Crippen molar-refractivity contribution < 1.29 is 9.53 Å². The number of carbonyl (C=O) groups is 1. The third-order valence-electron chi connectivity index (χ3n) is 3.15. The molecule has 2 nitrogen and oxygen atoms in total. The van der Waals surface area contributed by atoms with Crippen molar-refractivity contribution in [1.82, 2.24) is 0 Å². The van der Waals surface area contributed by atoms with Crippen LogP contribution in [0.5, 0.6) is 0 Å². The second kappa shape index (κ2) is 1.75. The smallest absolute Gasteiger partial charge is 0.146 e. The third kappa shape index (κ3) is 0.590. The quantitative estimate of drug-likeness (QED) is 0.477. The predicted octanol–water partition coefficient (Wildman–Crippen LogP) is 0.776. The van der Waals surface area contributed by atoms with E-state index < -0.39 is 0 Å². The highest BCUT2D eigenvalue weighted by Gasteiger charge is 2.51. The van der Waals surface area contributed by atoms with E-state index >= 15 is 0 Å². The minimum absolute atomic E-state index is 0.131. The van der Waals surface area contributed by atoms with E-state index in [1.165, 1.54) is 0 Å². The third-order valence-corrected chi connectivity index (χ3v) is 3.15. The summed E-state index contributed by atoms with van der Waals surface area (Å²) < 4.78 is 5.47. The number of ketones is 1. The van der Waals surface area contributed by atoms with Crippen LogP contribution in [0.1, 0.15) is 6.42 Å². The van der Waals surface area contributed by atoms with Gasteiger partial charge in [0.2, 0.25) is 0 Å². The van der Waals surface area contributed by atoms with Gasteiger partial charge in [-0.1, -0.05) is 12.2 Å². The Bertz CT molecular complexity index is 244. The van der Waals surface area contributed by atoms with Crippen molar-refractivity contribution in [3.8, 4) is 0 Å². The number of carbonyl (C=O) groups excluding carboxylic acids is 1. The fourth-order valence-corrected chi connectivity index (χ4v) is 2.60. The molecule has 3 rings (SSSR count). The van der Waals surface area contributed by atoms with E-state index in [1.807, 2.05) is 6.08 Å². The topological polar surface area (TPSA) is 26.3 Å². The van der Waals surface area contributed by atoms with E-state index in [-0.39, 0.29) is 17.9 Å². The first-order valence-corrected chi connectivity index (χ1v) is 4.20. The molecule has 2 heteroatoms. The molecule has 1 saturated heterocycles. The van der Waals surface area contributed by atoms with Gasteiger partial charge >= 0.3 is 0 Å². The highest BCUT2D eigenvalue weighted by molar-refractivity contribution is 5.89. The molecule has 0 unspecified atom stereocenters. The summed E-state index contributed by atoms with van der Waals surface area (Å²) in [4.78, 5) is 11.5. The van der Waals surface area contributed by atoms with Gasteiger partial charge in [-0.05, 0) is 12.3 Å². The Morgan fingerprint density at radius 2 is 2.36 bits per heavy atom. The Balaban J connectivity index is 2.12.